The van der Waals surface area contributed by atoms with Crippen LogP contribution in [0.4, 0.5) is 17.3 Å². The number of hydrogen-bond donors (Lipinski definition) is 2. The van der Waals surface area contributed by atoms with Crippen LogP contribution in [0, 0.1) is 6.92 Å². The van der Waals surface area contributed by atoms with E-state index in [2.05, 4.69) is 41.5 Å². The van der Waals surface area contributed by atoms with Gasteiger partial charge < -0.3 is 10.6 Å². The fraction of sp³-hybridized carbons (Fsp3) is 0.0588. The molecule has 0 spiro atoms. The van der Waals surface area contributed by atoms with Crippen molar-refractivity contribution in [2.75, 3.05) is 10.6 Å². The summed E-state index contributed by atoms with van der Waals surface area (Å²) in [4.78, 5) is 24.8. The second-order valence-electron chi connectivity index (χ2n) is 5.12. The highest BCUT2D eigenvalue weighted by Crippen LogP contribution is 2.17. The zero-order valence-electron chi connectivity index (χ0n) is 12.8. The topological polar surface area (TPSA) is 79.8 Å². The van der Waals surface area contributed by atoms with Crippen molar-refractivity contribution >= 4 is 39.2 Å². The van der Waals surface area contributed by atoms with Crippen molar-refractivity contribution in [3.63, 3.8) is 0 Å². The van der Waals surface area contributed by atoms with Crippen molar-refractivity contribution in [2.24, 2.45) is 0 Å². The zero-order valence-corrected chi connectivity index (χ0v) is 14.4. The third kappa shape index (κ3) is 4.14. The lowest BCUT2D eigenvalue weighted by Gasteiger charge is -2.08. The first-order chi connectivity index (χ1) is 11.6. The molecule has 0 unspecified atom stereocenters. The Bertz CT molecular complexity index is 867. The van der Waals surface area contributed by atoms with Crippen molar-refractivity contribution in [1.82, 2.24) is 15.0 Å². The minimum absolute atomic E-state index is 0.239. The van der Waals surface area contributed by atoms with E-state index >= 15 is 0 Å². The van der Waals surface area contributed by atoms with Crippen LogP contribution in [0.25, 0.3) is 0 Å². The van der Waals surface area contributed by atoms with Gasteiger partial charge in [-0.1, -0.05) is 6.07 Å². The third-order valence-electron chi connectivity index (χ3n) is 3.15. The first kappa shape index (κ1) is 16.1. The lowest BCUT2D eigenvalue weighted by molar-refractivity contribution is 0.102. The van der Waals surface area contributed by atoms with Gasteiger partial charge in [0.25, 0.3) is 5.91 Å². The van der Waals surface area contributed by atoms with Gasteiger partial charge in [0.2, 0.25) is 0 Å². The summed E-state index contributed by atoms with van der Waals surface area (Å²) in [5.74, 6) is 0.977. The summed E-state index contributed by atoms with van der Waals surface area (Å²) in [6, 6.07) is 8.90. The number of rotatable bonds is 4. The van der Waals surface area contributed by atoms with Gasteiger partial charge in [-0.25, -0.2) is 9.97 Å². The molecule has 3 heterocycles. The monoisotopic (exact) mass is 383 g/mol. The van der Waals surface area contributed by atoms with E-state index < -0.39 is 0 Å². The van der Waals surface area contributed by atoms with Gasteiger partial charge in [-0.3, -0.25) is 9.78 Å². The molecule has 0 aliphatic carbocycles. The third-order valence-corrected chi connectivity index (χ3v) is 3.59. The van der Waals surface area contributed by atoms with E-state index in [9.17, 15) is 4.79 Å². The van der Waals surface area contributed by atoms with Crippen LogP contribution in [0.2, 0.25) is 0 Å². The van der Waals surface area contributed by atoms with Crippen LogP contribution in [0.5, 0.6) is 0 Å². The molecule has 3 aromatic rings. The summed E-state index contributed by atoms with van der Waals surface area (Å²) < 4.78 is 0.794. The average molecular weight is 384 g/mol. The van der Waals surface area contributed by atoms with Gasteiger partial charge >= 0.3 is 0 Å². The number of halogens is 1. The number of aryl methyl sites for hydroxylation is 1. The van der Waals surface area contributed by atoms with Gasteiger partial charge in [0.05, 0.1) is 11.9 Å². The fourth-order valence-electron chi connectivity index (χ4n) is 2.00. The summed E-state index contributed by atoms with van der Waals surface area (Å²) in [7, 11) is 0. The van der Waals surface area contributed by atoms with Gasteiger partial charge in [-0.05, 0) is 52.7 Å². The Morgan fingerprint density at radius 1 is 1.04 bits per heavy atom. The van der Waals surface area contributed by atoms with Gasteiger partial charge in [0.1, 0.15) is 11.6 Å². The molecule has 0 bridgehead atoms. The van der Waals surface area contributed by atoms with E-state index in [1.807, 2.05) is 19.1 Å². The molecule has 6 nitrogen and oxygen atoms in total. The maximum Gasteiger partial charge on any atom is 0.255 e. The Kier molecular flexibility index (Phi) is 4.81. The molecule has 120 valence electrons. The first-order valence-electron chi connectivity index (χ1n) is 7.18. The Hall–Kier alpha value is -2.80. The van der Waals surface area contributed by atoms with Crippen molar-refractivity contribution < 1.29 is 4.79 Å². The Balaban J connectivity index is 1.74. The van der Waals surface area contributed by atoms with E-state index in [1.165, 1.54) is 0 Å². The molecule has 0 radical (unpaired) electrons. The van der Waals surface area contributed by atoms with E-state index in [0.717, 1.165) is 10.0 Å². The van der Waals surface area contributed by atoms with Crippen LogP contribution in [-0.4, -0.2) is 20.9 Å². The minimum Gasteiger partial charge on any atom is -0.325 e. The summed E-state index contributed by atoms with van der Waals surface area (Å²) in [6.07, 6.45) is 6.57. The molecule has 3 aromatic heterocycles. The van der Waals surface area contributed by atoms with Crippen molar-refractivity contribution in [1.29, 1.82) is 0 Å². The normalized spacial score (nSPS) is 10.2. The van der Waals surface area contributed by atoms with E-state index in [0.29, 0.717) is 22.9 Å². The highest BCUT2D eigenvalue weighted by atomic mass is 79.9. The van der Waals surface area contributed by atoms with Crippen LogP contribution >= 0.6 is 15.9 Å². The molecule has 0 aliphatic heterocycles. The molecule has 0 saturated heterocycles. The van der Waals surface area contributed by atoms with Crippen molar-refractivity contribution in [3.8, 4) is 0 Å². The Morgan fingerprint density at radius 3 is 2.67 bits per heavy atom. The highest BCUT2D eigenvalue weighted by molar-refractivity contribution is 9.10. The van der Waals surface area contributed by atoms with Crippen LogP contribution in [0.3, 0.4) is 0 Å². The lowest BCUT2D eigenvalue weighted by Crippen LogP contribution is -2.12. The quantitative estimate of drug-likeness (QED) is 0.712. The molecule has 0 aromatic carbocycles. The van der Waals surface area contributed by atoms with Crippen LogP contribution in [0.15, 0.2) is 59.6 Å². The summed E-state index contributed by atoms with van der Waals surface area (Å²) in [5, 5.41) is 5.87. The van der Waals surface area contributed by atoms with Crippen LogP contribution in [-0.2, 0) is 0 Å². The van der Waals surface area contributed by atoms with E-state index in [4.69, 9.17) is 0 Å². The second-order valence-corrected chi connectivity index (χ2v) is 6.04. The van der Waals surface area contributed by atoms with Gasteiger partial charge in [0.15, 0.2) is 0 Å². The molecule has 7 heteroatoms. The number of nitrogens with zero attached hydrogens (tertiary/aromatic N) is 3. The fourth-order valence-corrected chi connectivity index (χ4v) is 2.36. The van der Waals surface area contributed by atoms with Crippen LogP contribution < -0.4 is 10.6 Å². The molecule has 3 rings (SSSR count). The van der Waals surface area contributed by atoms with Gasteiger partial charge in [0, 0.05) is 28.6 Å². The smallest absolute Gasteiger partial charge is 0.255 e. The highest BCUT2D eigenvalue weighted by Gasteiger charge is 2.08. The summed E-state index contributed by atoms with van der Waals surface area (Å²) in [5.41, 5.74) is 2.17. The van der Waals surface area contributed by atoms with Crippen molar-refractivity contribution in [3.05, 3.63) is 70.7 Å². The molecule has 0 saturated carbocycles. The number of anilines is 3. The predicted molar refractivity (Wildman–Crippen MR) is 96.4 cm³/mol. The van der Waals surface area contributed by atoms with Crippen molar-refractivity contribution in [2.45, 2.75) is 6.92 Å². The predicted octanol–water partition coefficient (Wildman–Crippen LogP) is 3.94. The van der Waals surface area contributed by atoms with Crippen LogP contribution in [0.1, 0.15) is 15.9 Å². The number of pyridine rings is 3. The Morgan fingerprint density at radius 2 is 1.92 bits per heavy atom. The number of carbonyl (C=O) groups is 1. The maximum atomic E-state index is 12.3. The second kappa shape index (κ2) is 7.18. The van der Waals surface area contributed by atoms with Gasteiger partial charge in [-0.15, -0.1) is 0 Å². The molecule has 0 atom stereocenters. The number of amides is 1. The number of carbonyl (C=O) groups excluding carboxylic acids is 1. The maximum absolute atomic E-state index is 12.3. The molecular formula is C17H14BrN5O. The largest absolute Gasteiger partial charge is 0.325 e. The minimum atomic E-state index is -0.239. The number of hydrogen-bond acceptors (Lipinski definition) is 5. The zero-order chi connectivity index (χ0) is 16.9. The first-order valence-corrected chi connectivity index (χ1v) is 7.97. The van der Waals surface area contributed by atoms with Gasteiger partial charge in [-0.2, -0.15) is 0 Å². The van der Waals surface area contributed by atoms with E-state index in [-0.39, 0.29) is 5.91 Å². The SMILES string of the molecule is Cc1ccc(Nc2cc(C(=O)Nc3cncc(Br)c3)ccn2)nc1. The average Bonchev–Trinajstić information content (AvgIpc) is 2.57. The summed E-state index contributed by atoms with van der Waals surface area (Å²) >= 11 is 3.32. The van der Waals surface area contributed by atoms with E-state index in [1.54, 1.807) is 43.0 Å². The molecule has 1 amide bonds. The standard InChI is InChI=1S/C17H14BrN5O/c1-11-2-3-15(21-8-11)23-16-6-12(4-5-20-16)17(24)22-14-7-13(18)9-19-10-14/h2-10H,1H3,(H,22,24)(H,20,21,23). The molecule has 0 fully saturated rings. The number of nitrogens with one attached hydrogen (secondary N) is 2. The molecular weight excluding hydrogens is 370 g/mol. The summed E-state index contributed by atoms with van der Waals surface area (Å²) in [6.45, 7) is 1.97. The molecule has 0 aliphatic rings. The molecule has 24 heavy (non-hydrogen) atoms. The lowest BCUT2D eigenvalue weighted by atomic mass is 10.2. The Labute approximate surface area is 147 Å². The molecule has 2 N–H and O–H groups in total. The number of aromatic nitrogens is 3.